The number of anilines is 1. The number of aryl methyl sites for hydroxylation is 1. The fraction of sp³-hybridized carbons (Fsp3) is 0.700. The molecule has 1 aromatic heterocycles. The van der Waals surface area contributed by atoms with Crippen LogP contribution in [0.1, 0.15) is 12.1 Å². The van der Waals surface area contributed by atoms with Crippen LogP contribution in [0.5, 0.6) is 0 Å². The maximum Gasteiger partial charge on any atom is 0.200 e. The molecule has 0 bridgehead atoms. The number of imidazole rings is 1. The van der Waals surface area contributed by atoms with E-state index < -0.39 is 0 Å². The van der Waals surface area contributed by atoms with E-state index in [9.17, 15) is 0 Å². The summed E-state index contributed by atoms with van der Waals surface area (Å²) in [6.07, 6.45) is 3.31. The lowest BCUT2D eigenvalue weighted by Gasteiger charge is -2.11. The van der Waals surface area contributed by atoms with Gasteiger partial charge in [-0.3, -0.25) is 0 Å². The van der Waals surface area contributed by atoms with Crippen LogP contribution in [0.15, 0.2) is 6.20 Å². The summed E-state index contributed by atoms with van der Waals surface area (Å²) in [5.41, 5.74) is 6.80. The molecule has 1 unspecified atom stereocenters. The van der Waals surface area contributed by atoms with E-state index >= 15 is 0 Å². The van der Waals surface area contributed by atoms with E-state index in [0.29, 0.717) is 5.95 Å². The second-order valence-corrected chi connectivity index (χ2v) is 4.31. The molecule has 0 spiro atoms. The molecule has 0 saturated carbocycles. The molecule has 4 nitrogen and oxygen atoms in total. The quantitative estimate of drug-likeness (QED) is 0.755. The maximum atomic E-state index is 5.79. The summed E-state index contributed by atoms with van der Waals surface area (Å²) in [5.74, 6) is 1.38. The average Bonchev–Trinajstić information content (AvgIpc) is 2.61. The molecule has 1 aliphatic rings. The van der Waals surface area contributed by atoms with Gasteiger partial charge >= 0.3 is 0 Å². The maximum absolute atomic E-state index is 5.79. The van der Waals surface area contributed by atoms with Gasteiger partial charge in [0.15, 0.2) is 5.95 Å². The van der Waals surface area contributed by atoms with Crippen molar-refractivity contribution in [2.45, 2.75) is 19.9 Å². The highest BCUT2D eigenvalue weighted by atomic mass is 15.2. The first-order valence-electron chi connectivity index (χ1n) is 5.13. The average molecular weight is 194 g/mol. The van der Waals surface area contributed by atoms with Crippen LogP contribution >= 0.6 is 0 Å². The standard InChI is InChI=1S/C10H18N4/c1-8-5-14(10(11)12-8)7-9-3-4-13(2)6-9/h5,9H,3-4,6-7H2,1-2H3,(H2,11,12). The molecule has 0 radical (unpaired) electrons. The van der Waals surface area contributed by atoms with Crippen molar-refractivity contribution in [1.82, 2.24) is 14.5 Å². The normalized spacial score (nSPS) is 23.1. The molecule has 2 heterocycles. The Hall–Kier alpha value is -1.03. The van der Waals surface area contributed by atoms with E-state index in [4.69, 9.17) is 5.73 Å². The highest BCUT2D eigenvalue weighted by Crippen LogP contribution is 2.18. The minimum Gasteiger partial charge on any atom is -0.369 e. The highest BCUT2D eigenvalue weighted by molar-refractivity contribution is 5.21. The number of nitrogens with zero attached hydrogens (tertiary/aromatic N) is 3. The summed E-state index contributed by atoms with van der Waals surface area (Å²) in [4.78, 5) is 6.57. The molecule has 4 heteroatoms. The first-order chi connectivity index (χ1) is 6.65. The van der Waals surface area contributed by atoms with E-state index in [0.717, 1.165) is 18.2 Å². The molecule has 1 fully saturated rings. The molecule has 2 N–H and O–H groups in total. The van der Waals surface area contributed by atoms with Crippen molar-refractivity contribution in [2.75, 3.05) is 25.9 Å². The van der Waals surface area contributed by atoms with Gasteiger partial charge in [-0.25, -0.2) is 4.98 Å². The Labute approximate surface area is 84.7 Å². The summed E-state index contributed by atoms with van der Waals surface area (Å²) in [6.45, 7) is 5.37. The molecule has 0 amide bonds. The zero-order chi connectivity index (χ0) is 10.1. The number of likely N-dealkylation sites (tertiary alicyclic amines) is 1. The predicted octanol–water partition coefficient (Wildman–Crippen LogP) is 0.725. The van der Waals surface area contributed by atoms with Crippen LogP contribution in [-0.4, -0.2) is 34.6 Å². The Morgan fingerprint density at radius 1 is 1.64 bits per heavy atom. The molecule has 0 aliphatic carbocycles. The summed E-state index contributed by atoms with van der Waals surface area (Å²) in [5, 5.41) is 0. The van der Waals surface area contributed by atoms with Gasteiger partial charge in [0.05, 0.1) is 5.69 Å². The number of hydrogen-bond donors (Lipinski definition) is 1. The van der Waals surface area contributed by atoms with Crippen LogP contribution in [0, 0.1) is 12.8 Å². The Morgan fingerprint density at radius 2 is 2.43 bits per heavy atom. The fourth-order valence-electron chi connectivity index (χ4n) is 2.17. The smallest absolute Gasteiger partial charge is 0.200 e. The van der Waals surface area contributed by atoms with E-state index in [1.165, 1.54) is 19.5 Å². The van der Waals surface area contributed by atoms with Crippen LogP contribution < -0.4 is 5.73 Å². The van der Waals surface area contributed by atoms with Crippen LogP contribution in [-0.2, 0) is 6.54 Å². The molecular formula is C10H18N4. The van der Waals surface area contributed by atoms with Gasteiger partial charge in [0.25, 0.3) is 0 Å². The first kappa shape index (κ1) is 9.52. The van der Waals surface area contributed by atoms with Crippen molar-refractivity contribution < 1.29 is 0 Å². The molecule has 2 rings (SSSR count). The van der Waals surface area contributed by atoms with Crippen molar-refractivity contribution in [3.8, 4) is 0 Å². The summed E-state index contributed by atoms with van der Waals surface area (Å²) < 4.78 is 2.07. The Morgan fingerprint density at radius 3 is 2.93 bits per heavy atom. The monoisotopic (exact) mass is 194 g/mol. The van der Waals surface area contributed by atoms with Gasteiger partial charge in [0.2, 0.25) is 0 Å². The van der Waals surface area contributed by atoms with E-state index in [2.05, 4.69) is 21.5 Å². The molecule has 1 aromatic rings. The van der Waals surface area contributed by atoms with Gasteiger partial charge in [0.1, 0.15) is 0 Å². The Balaban J connectivity index is 2.00. The van der Waals surface area contributed by atoms with Crippen molar-refractivity contribution in [2.24, 2.45) is 5.92 Å². The summed E-state index contributed by atoms with van der Waals surface area (Å²) >= 11 is 0. The second kappa shape index (κ2) is 3.61. The number of nitrogen functional groups attached to an aromatic ring is 1. The van der Waals surface area contributed by atoms with Crippen molar-refractivity contribution >= 4 is 5.95 Å². The zero-order valence-electron chi connectivity index (χ0n) is 8.90. The molecular weight excluding hydrogens is 176 g/mol. The van der Waals surface area contributed by atoms with Crippen molar-refractivity contribution in [3.05, 3.63) is 11.9 Å². The molecule has 1 saturated heterocycles. The van der Waals surface area contributed by atoms with Gasteiger partial charge in [-0.05, 0) is 32.9 Å². The van der Waals surface area contributed by atoms with Gasteiger partial charge in [-0.15, -0.1) is 0 Å². The number of rotatable bonds is 2. The minimum absolute atomic E-state index is 0.650. The molecule has 14 heavy (non-hydrogen) atoms. The topological polar surface area (TPSA) is 47.1 Å². The molecule has 1 atom stereocenters. The Bertz CT molecular complexity index is 318. The number of nitrogens with two attached hydrogens (primary N) is 1. The lowest BCUT2D eigenvalue weighted by molar-refractivity contribution is 0.379. The second-order valence-electron chi connectivity index (χ2n) is 4.31. The molecule has 1 aliphatic heterocycles. The van der Waals surface area contributed by atoms with Crippen LogP contribution in [0.2, 0.25) is 0 Å². The molecule has 78 valence electrons. The van der Waals surface area contributed by atoms with Gasteiger partial charge < -0.3 is 15.2 Å². The van der Waals surface area contributed by atoms with E-state index in [1.807, 2.05) is 13.1 Å². The number of aromatic nitrogens is 2. The third-order valence-corrected chi connectivity index (χ3v) is 2.87. The first-order valence-corrected chi connectivity index (χ1v) is 5.13. The largest absolute Gasteiger partial charge is 0.369 e. The minimum atomic E-state index is 0.650. The van der Waals surface area contributed by atoms with E-state index in [-0.39, 0.29) is 0 Å². The highest BCUT2D eigenvalue weighted by Gasteiger charge is 2.20. The zero-order valence-corrected chi connectivity index (χ0v) is 8.90. The third-order valence-electron chi connectivity index (χ3n) is 2.87. The van der Waals surface area contributed by atoms with Gasteiger partial charge in [-0.1, -0.05) is 0 Å². The summed E-state index contributed by atoms with van der Waals surface area (Å²) in [7, 11) is 2.17. The van der Waals surface area contributed by atoms with Gasteiger partial charge in [-0.2, -0.15) is 0 Å². The molecule has 0 aromatic carbocycles. The van der Waals surface area contributed by atoms with Crippen LogP contribution in [0.3, 0.4) is 0 Å². The third kappa shape index (κ3) is 1.90. The van der Waals surface area contributed by atoms with Crippen LogP contribution in [0.25, 0.3) is 0 Å². The Kier molecular flexibility index (Phi) is 2.46. The lowest BCUT2D eigenvalue weighted by atomic mass is 10.1. The summed E-state index contributed by atoms with van der Waals surface area (Å²) in [6, 6.07) is 0. The SMILES string of the molecule is Cc1cn(CC2CCN(C)C2)c(N)n1. The number of hydrogen-bond acceptors (Lipinski definition) is 3. The van der Waals surface area contributed by atoms with Crippen LogP contribution in [0.4, 0.5) is 5.95 Å². The van der Waals surface area contributed by atoms with E-state index in [1.54, 1.807) is 0 Å². The van der Waals surface area contributed by atoms with Crippen molar-refractivity contribution in [3.63, 3.8) is 0 Å². The van der Waals surface area contributed by atoms with Gasteiger partial charge in [0, 0.05) is 19.3 Å². The van der Waals surface area contributed by atoms with Crippen molar-refractivity contribution in [1.29, 1.82) is 0 Å². The lowest BCUT2D eigenvalue weighted by Crippen LogP contribution is -2.17. The fourth-order valence-corrected chi connectivity index (χ4v) is 2.17. The predicted molar refractivity (Wildman–Crippen MR) is 57.0 cm³/mol.